The van der Waals surface area contributed by atoms with Crippen LogP contribution in [0.15, 0.2) is 12.7 Å². The summed E-state index contributed by atoms with van der Waals surface area (Å²) in [5.74, 6) is -1.78. The average Bonchev–Trinajstić information content (AvgIpc) is 2.40. The van der Waals surface area contributed by atoms with Crippen LogP contribution in [0.1, 0.15) is 19.8 Å². The molecule has 1 unspecified atom stereocenters. The van der Waals surface area contributed by atoms with Gasteiger partial charge in [0.05, 0.1) is 19.4 Å². The number of ether oxygens (including phenoxy) is 3. The van der Waals surface area contributed by atoms with Crippen molar-refractivity contribution in [2.75, 3.05) is 19.8 Å². The molecule has 0 aromatic rings. The van der Waals surface area contributed by atoms with Gasteiger partial charge in [0.2, 0.25) is 0 Å². The van der Waals surface area contributed by atoms with Gasteiger partial charge in [-0.15, -0.1) is 0 Å². The predicted octanol–water partition coefficient (Wildman–Crippen LogP) is -0.0370. The van der Waals surface area contributed by atoms with Crippen molar-refractivity contribution in [1.29, 1.82) is 0 Å². The van der Waals surface area contributed by atoms with Crippen molar-refractivity contribution in [3.05, 3.63) is 12.7 Å². The van der Waals surface area contributed by atoms with Crippen molar-refractivity contribution in [2.24, 2.45) is 0 Å². The number of carbonyl (C=O) groups excluding carboxylic acids is 3. The molecule has 0 saturated carbocycles. The molecule has 7 nitrogen and oxygen atoms in total. The Labute approximate surface area is 111 Å². The van der Waals surface area contributed by atoms with E-state index in [2.05, 4.69) is 16.1 Å². The lowest BCUT2D eigenvalue weighted by atomic mass is 10.3. The summed E-state index contributed by atoms with van der Waals surface area (Å²) < 4.78 is 14.1. The lowest BCUT2D eigenvalue weighted by Gasteiger charge is -2.12. The van der Waals surface area contributed by atoms with Gasteiger partial charge in [-0.2, -0.15) is 0 Å². The lowest BCUT2D eigenvalue weighted by molar-refractivity contribution is -0.158. The third-order valence-corrected chi connectivity index (χ3v) is 1.85. The van der Waals surface area contributed by atoms with Crippen LogP contribution in [-0.4, -0.2) is 48.9 Å². The SMILES string of the molecule is C=CC(=O)OCC(C)OC(=O)CCC(=O)OCCO. The normalized spacial score (nSPS) is 11.3. The summed E-state index contributed by atoms with van der Waals surface area (Å²) in [7, 11) is 0. The van der Waals surface area contributed by atoms with E-state index in [9.17, 15) is 14.4 Å². The van der Waals surface area contributed by atoms with E-state index in [4.69, 9.17) is 9.84 Å². The van der Waals surface area contributed by atoms with E-state index in [0.29, 0.717) is 0 Å². The summed E-state index contributed by atoms with van der Waals surface area (Å²) >= 11 is 0. The molecule has 7 heteroatoms. The molecule has 0 amide bonds. The van der Waals surface area contributed by atoms with Crippen LogP contribution in [0, 0.1) is 0 Å². The predicted molar refractivity (Wildman–Crippen MR) is 64.0 cm³/mol. The van der Waals surface area contributed by atoms with Gasteiger partial charge in [0, 0.05) is 6.08 Å². The molecule has 108 valence electrons. The fourth-order valence-corrected chi connectivity index (χ4v) is 1.01. The maximum absolute atomic E-state index is 11.3. The van der Waals surface area contributed by atoms with Crippen LogP contribution in [0.2, 0.25) is 0 Å². The van der Waals surface area contributed by atoms with Crippen LogP contribution < -0.4 is 0 Å². The van der Waals surface area contributed by atoms with Crippen LogP contribution in [0.4, 0.5) is 0 Å². The summed E-state index contributed by atoms with van der Waals surface area (Å²) in [5.41, 5.74) is 0. The highest BCUT2D eigenvalue weighted by molar-refractivity contribution is 5.81. The lowest BCUT2D eigenvalue weighted by Crippen LogP contribution is -2.22. The number of hydrogen-bond acceptors (Lipinski definition) is 7. The van der Waals surface area contributed by atoms with Crippen LogP contribution in [0.3, 0.4) is 0 Å². The zero-order chi connectivity index (χ0) is 14.7. The molecule has 0 aliphatic heterocycles. The molecule has 0 bridgehead atoms. The molecule has 1 N–H and O–H groups in total. The minimum absolute atomic E-state index is 0.0778. The van der Waals surface area contributed by atoms with Gasteiger partial charge in [0.25, 0.3) is 0 Å². The molecule has 0 aliphatic rings. The molecule has 0 aromatic carbocycles. The fourth-order valence-electron chi connectivity index (χ4n) is 1.01. The van der Waals surface area contributed by atoms with Gasteiger partial charge < -0.3 is 19.3 Å². The number of carbonyl (C=O) groups is 3. The van der Waals surface area contributed by atoms with Crippen molar-refractivity contribution in [2.45, 2.75) is 25.9 Å². The molecule has 0 fully saturated rings. The molecule has 0 saturated heterocycles. The van der Waals surface area contributed by atoms with E-state index in [1.54, 1.807) is 6.92 Å². The van der Waals surface area contributed by atoms with Crippen molar-refractivity contribution in [3.8, 4) is 0 Å². The molecule has 0 spiro atoms. The van der Waals surface area contributed by atoms with Gasteiger partial charge in [-0.25, -0.2) is 4.79 Å². The summed E-state index contributed by atoms with van der Waals surface area (Å²) in [6, 6.07) is 0. The van der Waals surface area contributed by atoms with Crippen LogP contribution >= 0.6 is 0 Å². The molecular weight excluding hydrogens is 256 g/mol. The van der Waals surface area contributed by atoms with E-state index in [-0.39, 0.29) is 32.7 Å². The Kier molecular flexibility index (Phi) is 9.07. The summed E-state index contributed by atoms with van der Waals surface area (Å²) in [4.78, 5) is 33.1. The van der Waals surface area contributed by atoms with Crippen LogP contribution in [0.25, 0.3) is 0 Å². The van der Waals surface area contributed by atoms with Crippen molar-refractivity contribution >= 4 is 17.9 Å². The Hall–Kier alpha value is -1.89. The Morgan fingerprint density at radius 2 is 1.84 bits per heavy atom. The fraction of sp³-hybridized carbons (Fsp3) is 0.583. The van der Waals surface area contributed by atoms with Crippen molar-refractivity contribution < 1.29 is 33.7 Å². The van der Waals surface area contributed by atoms with Crippen LogP contribution in [-0.2, 0) is 28.6 Å². The smallest absolute Gasteiger partial charge is 0.330 e. The highest BCUT2D eigenvalue weighted by Gasteiger charge is 2.13. The summed E-state index contributed by atoms with van der Waals surface area (Å²) in [5, 5.41) is 8.42. The Morgan fingerprint density at radius 1 is 1.21 bits per heavy atom. The summed E-state index contributed by atoms with van der Waals surface area (Å²) in [6.07, 6.45) is 0.137. The molecular formula is C12H18O7. The second-order valence-electron chi connectivity index (χ2n) is 3.58. The second kappa shape index (κ2) is 10.1. The monoisotopic (exact) mass is 274 g/mol. The van der Waals surface area contributed by atoms with Gasteiger partial charge in [-0.05, 0) is 6.92 Å². The van der Waals surface area contributed by atoms with Gasteiger partial charge >= 0.3 is 17.9 Å². The molecule has 0 aliphatic carbocycles. The highest BCUT2D eigenvalue weighted by Crippen LogP contribution is 2.00. The highest BCUT2D eigenvalue weighted by atomic mass is 16.6. The number of esters is 3. The average molecular weight is 274 g/mol. The number of aliphatic hydroxyl groups is 1. The van der Waals surface area contributed by atoms with E-state index in [0.717, 1.165) is 6.08 Å². The third kappa shape index (κ3) is 9.78. The molecule has 0 radical (unpaired) electrons. The van der Waals surface area contributed by atoms with Gasteiger partial charge in [0.1, 0.15) is 19.3 Å². The second-order valence-corrected chi connectivity index (χ2v) is 3.58. The first kappa shape index (κ1) is 17.1. The van der Waals surface area contributed by atoms with Gasteiger partial charge in [-0.1, -0.05) is 6.58 Å². The maximum Gasteiger partial charge on any atom is 0.330 e. The summed E-state index contributed by atoms with van der Waals surface area (Å²) in [6.45, 7) is 4.34. The topological polar surface area (TPSA) is 99.1 Å². The first-order valence-corrected chi connectivity index (χ1v) is 5.74. The number of aliphatic hydroxyl groups excluding tert-OH is 1. The third-order valence-electron chi connectivity index (χ3n) is 1.85. The number of hydrogen-bond donors (Lipinski definition) is 1. The van der Waals surface area contributed by atoms with Crippen molar-refractivity contribution in [3.63, 3.8) is 0 Å². The first-order valence-electron chi connectivity index (χ1n) is 5.74. The van der Waals surface area contributed by atoms with E-state index < -0.39 is 24.0 Å². The van der Waals surface area contributed by atoms with E-state index >= 15 is 0 Å². The minimum atomic E-state index is -0.607. The standard InChI is InChI=1S/C12H18O7/c1-3-10(14)18-8-9(2)19-12(16)5-4-11(15)17-7-6-13/h3,9,13H,1,4-8H2,2H3. The zero-order valence-corrected chi connectivity index (χ0v) is 10.8. The number of rotatable bonds is 9. The van der Waals surface area contributed by atoms with Crippen molar-refractivity contribution in [1.82, 2.24) is 0 Å². The van der Waals surface area contributed by atoms with E-state index in [1.165, 1.54) is 0 Å². The molecule has 0 aromatic heterocycles. The van der Waals surface area contributed by atoms with Crippen LogP contribution in [0.5, 0.6) is 0 Å². The Bertz CT molecular complexity index is 324. The Balaban J connectivity index is 3.75. The first-order chi connectivity index (χ1) is 8.99. The minimum Gasteiger partial charge on any atom is -0.463 e. The van der Waals surface area contributed by atoms with Gasteiger partial charge in [-0.3, -0.25) is 9.59 Å². The molecule has 1 atom stereocenters. The van der Waals surface area contributed by atoms with Gasteiger partial charge in [0.15, 0.2) is 0 Å². The quantitative estimate of drug-likeness (QED) is 0.358. The Morgan fingerprint density at radius 3 is 2.42 bits per heavy atom. The van der Waals surface area contributed by atoms with E-state index in [1.807, 2.05) is 0 Å². The largest absolute Gasteiger partial charge is 0.463 e. The molecule has 19 heavy (non-hydrogen) atoms. The maximum atomic E-state index is 11.3. The molecule has 0 heterocycles. The molecule has 0 rings (SSSR count). The zero-order valence-electron chi connectivity index (χ0n) is 10.8.